The van der Waals surface area contributed by atoms with Crippen molar-refractivity contribution >= 4 is 46.8 Å². The predicted octanol–water partition coefficient (Wildman–Crippen LogP) is 5.52. The van der Waals surface area contributed by atoms with Gasteiger partial charge in [0.25, 0.3) is 5.56 Å². The summed E-state index contributed by atoms with van der Waals surface area (Å²) in [6.45, 7) is 3.91. The fourth-order valence-electron chi connectivity index (χ4n) is 6.15. The van der Waals surface area contributed by atoms with Crippen molar-refractivity contribution in [3.8, 4) is 39.4 Å². The molecule has 1 aliphatic heterocycles. The number of fused-ring (bicyclic) bond motifs is 1. The topological polar surface area (TPSA) is 165 Å². The van der Waals surface area contributed by atoms with Crippen LogP contribution in [0, 0.1) is 0 Å². The van der Waals surface area contributed by atoms with Crippen molar-refractivity contribution in [2.45, 2.75) is 51.4 Å². The van der Waals surface area contributed by atoms with Gasteiger partial charge in [-0.15, -0.1) is 0 Å². The molecule has 3 amide bonds. The SMILES string of the molecule is CNC(=O)C(C)(C)NCc1cc(=O)n2ccc(-c3cccc(-c4cccc(-c5ccc(COC(=O)NCC6CCC(=O)N6)c(OC)n5)c4Cl)c3Cl)cc2n1. The highest BCUT2D eigenvalue weighted by atomic mass is 35.5. The largest absolute Gasteiger partial charge is 0.481 e. The number of benzene rings is 2. The molecule has 0 radical (unpaired) electrons. The molecule has 0 saturated carbocycles. The van der Waals surface area contributed by atoms with E-state index in [2.05, 4.69) is 26.3 Å². The van der Waals surface area contributed by atoms with Gasteiger partial charge in [-0.25, -0.2) is 14.8 Å². The molecule has 1 unspecified atom stereocenters. The van der Waals surface area contributed by atoms with E-state index in [0.29, 0.717) is 67.7 Å². The number of methoxy groups -OCH3 is 1. The number of likely N-dealkylation sites (N-methyl/N-ethyl adjacent to an activating group) is 1. The third-order valence-electron chi connectivity index (χ3n) is 9.17. The van der Waals surface area contributed by atoms with E-state index in [1.165, 1.54) is 17.6 Å². The number of carbonyl (C=O) groups excluding carboxylic acids is 3. The summed E-state index contributed by atoms with van der Waals surface area (Å²) in [7, 11) is 3.05. The second-order valence-corrected chi connectivity index (χ2v) is 14.0. The standard InChI is InChI=1S/C39H39Cl2N7O6/c1-39(2,37(51)42-3)44-20-25-18-33(50)48-16-15-22(17-31(48)45-25)26-7-5-8-27(34(26)40)28-9-6-10-29(35(28)41)30-13-11-23(36(47-30)53-4)21-54-38(52)43-19-24-12-14-32(49)46-24/h5-11,13,15-18,24,44H,12,14,19-21H2,1-4H3,(H,42,51)(H,43,52)(H,46,49). The molecule has 1 atom stereocenters. The van der Waals surface area contributed by atoms with E-state index in [0.717, 1.165) is 5.56 Å². The molecule has 4 heterocycles. The molecular formula is C39H39Cl2N7O6. The zero-order valence-electron chi connectivity index (χ0n) is 30.1. The van der Waals surface area contributed by atoms with E-state index in [-0.39, 0.29) is 49.0 Å². The third kappa shape index (κ3) is 8.33. The van der Waals surface area contributed by atoms with Crippen LogP contribution in [0.5, 0.6) is 5.88 Å². The molecular weight excluding hydrogens is 733 g/mol. The Morgan fingerprint density at radius 2 is 1.67 bits per heavy atom. The van der Waals surface area contributed by atoms with Crippen LogP contribution >= 0.6 is 23.2 Å². The van der Waals surface area contributed by atoms with Gasteiger partial charge in [-0.05, 0) is 50.1 Å². The maximum absolute atomic E-state index is 13.0. The van der Waals surface area contributed by atoms with Crippen LogP contribution in [0.25, 0.3) is 39.2 Å². The Balaban J connectivity index is 1.23. The van der Waals surface area contributed by atoms with E-state index in [9.17, 15) is 19.2 Å². The average molecular weight is 773 g/mol. The van der Waals surface area contributed by atoms with Gasteiger partial charge in [-0.2, -0.15) is 0 Å². The van der Waals surface area contributed by atoms with Crippen LogP contribution < -0.4 is 31.6 Å². The maximum Gasteiger partial charge on any atom is 0.407 e. The Bertz CT molecular complexity index is 2310. The third-order valence-corrected chi connectivity index (χ3v) is 9.98. The zero-order chi connectivity index (χ0) is 38.6. The van der Waals surface area contributed by atoms with Crippen molar-refractivity contribution in [1.82, 2.24) is 35.6 Å². The highest BCUT2D eigenvalue weighted by Crippen LogP contribution is 2.42. The summed E-state index contributed by atoms with van der Waals surface area (Å²) in [5.41, 5.74) is 4.30. The average Bonchev–Trinajstić information content (AvgIpc) is 3.59. The number of rotatable bonds is 12. The number of nitrogens with zero attached hydrogens (tertiary/aromatic N) is 3. The molecule has 4 N–H and O–H groups in total. The van der Waals surface area contributed by atoms with E-state index in [4.69, 9.17) is 37.7 Å². The van der Waals surface area contributed by atoms with Crippen molar-refractivity contribution in [2.75, 3.05) is 20.7 Å². The zero-order valence-corrected chi connectivity index (χ0v) is 31.6. The van der Waals surface area contributed by atoms with Gasteiger partial charge >= 0.3 is 6.09 Å². The summed E-state index contributed by atoms with van der Waals surface area (Å²) in [5, 5.41) is 12.1. The first-order chi connectivity index (χ1) is 25.9. The minimum Gasteiger partial charge on any atom is -0.481 e. The van der Waals surface area contributed by atoms with Crippen LogP contribution in [-0.2, 0) is 27.5 Å². The number of alkyl carbamates (subject to hydrolysis) is 1. The van der Waals surface area contributed by atoms with Gasteiger partial charge < -0.3 is 25.4 Å². The lowest BCUT2D eigenvalue weighted by Gasteiger charge is -2.24. The molecule has 2 aromatic carbocycles. The smallest absolute Gasteiger partial charge is 0.407 e. The molecule has 0 spiro atoms. The molecule has 3 aromatic heterocycles. The summed E-state index contributed by atoms with van der Waals surface area (Å²) < 4.78 is 12.4. The van der Waals surface area contributed by atoms with Gasteiger partial charge in [-0.1, -0.05) is 59.6 Å². The summed E-state index contributed by atoms with van der Waals surface area (Å²) in [5.74, 6) is 0.0506. The lowest BCUT2D eigenvalue weighted by atomic mass is 9.97. The van der Waals surface area contributed by atoms with Crippen LogP contribution in [0.4, 0.5) is 4.79 Å². The number of pyridine rings is 2. The van der Waals surface area contributed by atoms with Crippen molar-refractivity contribution in [1.29, 1.82) is 0 Å². The first-order valence-electron chi connectivity index (χ1n) is 17.2. The number of carbonyl (C=O) groups is 3. The van der Waals surface area contributed by atoms with Crippen molar-refractivity contribution in [2.24, 2.45) is 0 Å². The van der Waals surface area contributed by atoms with Gasteiger partial charge in [0.05, 0.1) is 39.6 Å². The van der Waals surface area contributed by atoms with E-state index in [1.807, 2.05) is 36.4 Å². The number of ether oxygens (including phenoxy) is 2. The van der Waals surface area contributed by atoms with E-state index in [1.54, 1.807) is 51.4 Å². The molecule has 5 aromatic rings. The van der Waals surface area contributed by atoms with E-state index >= 15 is 0 Å². The molecule has 0 bridgehead atoms. The Kier molecular flexibility index (Phi) is 11.5. The van der Waals surface area contributed by atoms with Gasteiger partial charge in [0.2, 0.25) is 17.7 Å². The molecule has 54 heavy (non-hydrogen) atoms. The van der Waals surface area contributed by atoms with Crippen LogP contribution in [0.15, 0.2) is 77.7 Å². The number of hydrogen-bond donors (Lipinski definition) is 4. The molecule has 0 aliphatic carbocycles. The minimum absolute atomic E-state index is 0.0302. The summed E-state index contributed by atoms with van der Waals surface area (Å²) in [6, 6.07) is 19.6. The van der Waals surface area contributed by atoms with Gasteiger partial charge in [0.1, 0.15) is 12.3 Å². The van der Waals surface area contributed by atoms with Gasteiger partial charge in [0.15, 0.2) is 0 Å². The van der Waals surface area contributed by atoms with Crippen LogP contribution in [0.1, 0.15) is 37.9 Å². The normalized spacial score (nSPS) is 14.1. The quantitative estimate of drug-likeness (QED) is 0.128. The Hall–Kier alpha value is -5.50. The number of nitrogens with one attached hydrogen (secondary N) is 4. The highest BCUT2D eigenvalue weighted by Gasteiger charge is 2.26. The van der Waals surface area contributed by atoms with Crippen molar-refractivity contribution in [3.63, 3.8) is 0 Å². The monoisotopic (exact) mass is 771 g/mol. The fourth-order valence-corrected chi connectivity index (χ4v) is 6.81. The second-order valence-electron chi connectivity index (χ2n) is 13.2. The Morgan fingerprint density at radius 3 is 2.35 bits per heavy atom. The molecule has 13 nitrogen and oxygen atoms in total. The van der Waals surface area contributed by atoms with E-state index < -0.39 is 11.6 Å². The van der Waals surface area contributed by atoms with Crippen molar-refractivity contribution < 1.29 is 23.9 Å². The minimum atomic E-state index is -0.867. The van der Waals surface area contributed by atoms with Gasteiger partial charge in [-0.3, -0.25) is 24.1 Å². The van der Waals surface area contributed by atoms with Crippen LogP contribution in [-0.4, -0.2) is 64.6 Å². The second kappa shape index (κ2) is 16.3. The first kappa shape index (κ1) is 38.2. The summed E-state index contributed by atoms with van der Waals surface area (Å²) >= 11 is 14.2. The molecule has 6 rings (SSSR count). The Labute approximate surface area is 321 Å². The van der Waals surface area contributed by atoms with Crippen LogP contribution in [0.2, 0.25) is 10.0 Å². The highest BCUT2D eigenvalue weighted by molar-refractivity contribution is 6.39. The molecule has 280 valence electrons. The van der Waals surface area contributed by atoms with Crippen molar-refractivity contribution in [3.05, 3.63) is 105 Å². The summed E-state index contributed by atoms with van der Waals surface area (Å²) in [4.78, 5) is 58.3. The number of amides is 3. The first-order valence-corrected chi connectivity index (χ1v) is 18.0. The van der Waals surface area contributed by atoms with Crippen LogP contribution in [0.3, 0.4) is 0 Å². The number of aromatic nitrogens is 3. The molecule has 1 saturated heterocycles. The summed E-state index contributed by atoms with van der Waals surface area (Å²) in [6.07, 6.45) is 2.14. The molecule has 1 aliphatic rings. The Morgan fingerprint density at radius 1 is 0.963 bits per heavy atom. The fraction of sp³-hybridized carbons (Fsp3) is 0.282. The number of halogens is 2. The predicted molar refractivity (Wildman–Crippen MR) is 206 cm³/mol. The lowest BCUT2D eigenvalue weighted by molar-refractivity contribution is -0.126. The molecule has 1 fully saturated rings. The lowest BCUT2D eigenvalue weighted by Crippen LogP contribution is -2.51. The molecule has 15 heteroatoms. The number of hydrogen-bond acceptors (Lipinski definition) is 9. The van der Waals surface area contributed by atoms with Gasteiger partial charge in [0, 0.05) is 67.1 Å². The maximum atomic E-state index is 13.0.